The minimum absolute atomic E-state index is 0.104. The summed E-state index contributed by atoms with van der Waals surface area (Å²) in [6, 6.07) is 20.1. The highest BCUT2D eigenvalue weighted by atomic mass is 19.1. The first-order chi connectivity index (χ1) is 15.9. The fraction of sp³-hybridized carbons (Fsp3) is 0.0800. The van der Waals surface area contributed by atoms with Crippen molar-refractivity contribution in [2.75, 3.05) is 5.32 Å². The SMILES string of the molecule is O=C(Nc1ccccc1C(=O)N[C@@H](Cc1ccccc1)C(=O)O)c1cc2cccc(F)c2[nH]1. The average Bonchev–Trinajstić information content (AvgIpc) is 3.26. The Balaban J connectivity index is 1.53. The van der Waals surface area contributed by atoms with Gasteiger partial charge in [-0.2, -0.15) is 0 Å². The van der Waals surface area contributed by atoms with Crippen molar-refractivity contribution in [1.29, 1.82) is 0 Å². The Bertz CT molecular complexity index is 1330. The first-order valence-corrected chi connectivity index (χ1v) is 10.2. The van der Waals surface area contributed by atoms with E-state index in [2.05, 4.69) is 15.6 Å². The predicted octanol–water partition coefficient (Wildman–Crippen LogP) is 3.99. The van der Waals surface area contributed by atoms with Gasteiger partial charge in [-0.1, -0.05) is 54.6 Å². The molecule has 4 aromatic rings. The number of nitrogens with one attached hydrogen (secondary N) is 3. The second kappa shape index (κ2) is 9.35. The largest absolute Gasteiger partial charge is 0.480 e. The zero-order valence-corrected chi connectivity index (χ0v) is 17.3. The Morgan fingerprint density at radius 3 is 2.36 bits per heavy atom. The third-order valence-corrected chi connectivity index (χ3v) is 5.16. The number of carbonyl (C=O) groups is 3. The molecule has 0 spiro atoms. The van der Waals surface area contributed by atoms with Gasteiger partial charge in [0.15, 0.2) is 0 Å². The normalized spacial score (nSPS) is 11.7. The smallest absolute Gasteiger partial charge is 0.326 e. The molecular formula is C25H20FN3O4. The van der Waals surface area contributed by atoms with Gasteiger partial charge in [0.1, 0.15) is 17.6 Å². The lowest BCUT2D eigenvalue weighted by Gasteiger charge is -2.16. The number of H-pyrrole nitrogens is 1. The number of para-hydroxylation sites is 2. The fourth-order valence-corrected chi connectivity index (χ4v) is 3.51. The van der Waals surface area contributed by atoms with Crippen LogP contribution in [-0.2, 0) is 11.2 Å². The van der Waals surface area contributed by atoms with E-state index >= 15 is 0 Å². The van der Waals surface area contributed by atoms with E-state index in [-0.39, 0.29) is 28.9 Å². The summed E-state index contributed by atoms with van der Waals surface area (Å²) in [5.74, 6) is -2.86. The minimum Gasteiger partial charge on any atom is -0.480 e. The maximum atomic E-state index is 13.9. The van der Waals surface area contributed by atoms with Gasteiger partial charge in [-0.05, 0) is 29.8 Å². The number of hydrogen-bond donors (Lipinski definition) is 4. The monoisotopic (exact) mass is 445 g/mol. The topological polar surface area (TPSA) is 111 Å². The van der Waals surface area contributed by atoms with Crippen LogP contribution in [0.3, 0.4) is 0 Å². The highest BCUT2D eigenvalue weighted by Crippen LogP contribution is 2.21. The summed E-state index contributed by atoms with van der Waals surface area (Å²) in [4.78, 5) is 40.1. The molecule has 4 rings (SSSR count). The Kier molecular flexibility index (Phi) is 6.17. The second-order valence-electron chi connectivity index (χ2n) is 7.44. The fourth-order valence-electron chi connectivity index (χ4n) is 3.51. The summed E-state index contributed by atoms with van der Waals surface area (Å²) >= 11 is 0. The van der Waals surface area contributed by atoms with Crippen LogP contribution in [-0.4, -0.2) is 33.9 Å². The number of anilines is 1. The third kappa shape index (κ3) is 4.90. The van der Waals surface area contributed by atoms with Gasteiger partial charge in [-0.15, -0.1) is 0 Å². The maximum Gasteiger partial charge on any atom is 0.326 e. The number of aliphatic carboxylic acids is 1. The number of carboxylic acid groups (broad SMARTS) is 1. The van der Waals surface area contributed by atoms with Crippen molar-refractivity contribution in [3.05, 3.63) is 102 Å². The van der Waals surface area contributed by atoms with E-state index in [1.54, 1.807) is 48.5 Å². The summed E-state index contributed by atoms with van der Waals surface area (Å²) in [5, 5.41) is 15.3. The van der Waals surface area contributed by atoms with E-state index in [0.29, 0.717) is 5.39 Å². The number of carboxylic acids is 1. The molecule has 1 heterocycles. The third-order valence-electron chi connectivity index (χ3n) is 5.16. The van der Waals surface area contributed by atoms with Gasteiger partial charge < -0.3 is 20.7 Å². The van der Waals surface area contributed by atoms with Gasteiger partial charge in [0.2, 0.25) is 0 Å². The maximum absolute atomic E-state index is 13.9. The van der Waals surface area contributed by atoms with Crippen LogP contribution < -0.4 is 10.6 Å². The lowest BCUT2D eigenvalue weighted by Crippen LogP contribution is -2.42. The molecule has 8 heteroatoms. The van der Waals surface area contributed by atoms with Crippen molar-refractivity contribution in [3.8, 4) is 0 Å². The molecule has 0 radical (unpaired) electrons. The van der Waals surface area contributed by atoms with Crippen LogP contribution in [0, 0.1) is 5.82 Å². The van der Waals surface area contributed by atoms with Gasteiger partial charge in [0.25, 0.3) is 11.8 Å². The quantitative estimate of drug-likeness (QED) is 0.345. The molecule has 2 amide bonds. The van der Waals surface area contributed by atoms with Crippen molar-refractivity contribution in [3.63, 3.8) is 0 Å². The Hall–Kier alpha value is -4.46. The van der Waals surface area contributed by atoms with Crippen LogP contribution in [0.4, 0.5) is 10.1 Å². The highest BCUT2D eigenvalue weighted by Gasteiger charge is 2.23. The Labute approximate surface area is 188 Å². The minimum atomic E-state index is -1.17. The van der Waals surface area contributed by atoms with E-state index in [1.807, 2.05) is 6.07 Å². The molecule has 3 aromatic carbocycles. The molecule has 166 valence electrons. The molecule has 0 saturated carbocycles. The second-order valence-corrected chi connectivity index (χ2v) is 7.44. The molecule has 7 nitrogen and oxygen atoms in total. The van der Waals surface area contributed by atoms with Crippen LogP contribution >= 0.6 is 0 Å². The van der Waals surface area contributed by atoms with E-state index in [4.69, 9.17) is 0 Å². The first kappa shape index (κ1) is 21.8. The van der Waals surface area contributed by atoms with Crippen molar-refractivity contribution in [2.45, 2.75) is 12.5 Å². The molecule has 0 aliphatic carbocycles. The molecule has 0 aliphatic heterocycles. The predicted molar refractivity (Wildman–Crippen MR) is 122 cm³/mol. The van der Waals surface area contributed by atoms with Gasteiger partial charge in [-0.25, -0.2) is 9.18 Å². The van der Waals surface area contributed by atoms with Gasteiger partial charge in [0.05, 0.1) is 16.8 Å². The summed E-state index contributed by atoms with van der Waals surface area (Å²) in [5.41, 5.74) is 1.39. The number of rotatable bonds is 7. The summed E-state index contributed by atoms with van der Waals surface area (Å²) in [6.07, 6.45) is 0.108. The zero-order valence-electron chi connectivity index (χ0n) is 17.3. The highest BCUT2D eigenvalue weighted by molar-refractivity contribution is 6.10. The Morgan fingerprint density at radius 1 is 0.909 bits per heavy atom. The molecule has 0 aliphatic rings. The molecule has 0 bridgehead atoms. The number of aromatic amines is 1. The van der Waals surface area contributed by atoms with Crippen LogP contribution in [0.1, 0.15) is 26.4 Å². The summed E-state index contributed by atoms with van der Waals surface area (Å²) in [6.45, 7) is 0. The number of aromatic nitrogens is 1. The summed E-state index contributed by atoms with van der Waals surface area (Å²) < 4.78 is 13.9. The molecule has 33 heavy (non-hydrogen) atoms. The summed E-state index contributed by atoms with van der Waals surface area (Å²) in [7, 11) is 0. The molecule has 1 atom stereocenters. The van der Waals surface area contributed by atoms with Crippen LogP contribution in [0.2, 0.25) is 0 Å². The van der Waals surface area contributed by atoms with Crippen LogP contribution in [0.5, 0.6) is 0 Å². The van der Waals surface area contributed by atoms with E-state index in [9.17, 15) is 23.9 Å². The van der Waals surface area contributed by atoms with Gasteiger partial charge in [0, 0.05) is 11.8 Å². The van der Waals surface area contributed by atoms with Crippen molar-refractivity contribution in [1.82, 2.24) is 10.3 Å². The Morgan fingerprint density at radius 2 is 1.64 bits per heavy atom. The molecular weight excluding hydrogens is 425 g/mol. The number of benzene rings is 3. The molecule has 0 unspecified atom stereocenters. The van der Waals surface area contributed by atoms with Gasteiger partial charge >= 0.3 is 5.97 Å². The van der Waals surface area contributed by atoms with Crippen molar-refractivity contribution >= 4 is 34.4 Å². The molecule has 4 N–H and O–H groups in total. The molecule has 0 fully saturated rings. The lowest BCUT2D eigenvalue weighted by molar-refractivity contribution is -0.139. The van der Waals surface area contributed by atoms with Crippen LogP contribution in [0.15, 0.2) is 78.9 Å². The average molecular weight is 445 g/mol. The van der Waals surface area contributed by atoms with E-state index in [0.717, 1.165) is 5.56 Å². The first-order valence-electron chi connectivity index (χ1n) is 10.2. The van der Waals surface area contributed by atoms with Crippen molar-refractivity contribution in [2.24, 2.45) is 0 Å². The number of fused-ring (bicyclic) bond motifs is 1. The van der Waals surface area contributed by atoms with Crippen molar-refractivity contribution < 1.29 is 23.9 Å². The lowest BCUT2D eigenvalue weighted by atomic mass is 10.1. The van der Waals surface area contributed by atoms with Gasteiger partial charge in [-0.3, -0.25) is 9.59 Å². The standard InChI is InChI=1S/C25H20FN3O4/c26-18-11-6-9-16-14-20(27-22(16)18)24(31)28-19-12-5-4-10-17(19)23(30)29-21(25(32)33)13-15-7-2-1-3-8-15/h1-12,14,21,27H,13H2,(H,28,31)(H,29,30)(H,32,33)/t21-/m0/s1. The number of carbonyl (C=O) groups excluding carboxylic acids is 2. The zero-order chi connectivity index (χ0) is 23.4. The number of halogens is 1. The molecule has 1 aromatic heterocycles. The van der Waals surface area contributed by atoms with E-state index < -0.39 is 29.6 Å². The molecule has 0 saturated heterocycles. The van der Waals surface area contributed by atoms with E-state index in [1.165, 1.54) is 24.3 Å². The van der Waals surface area contributed by atoms with Crippen LogP contribution in [0.25, 0.3) is 10.9 Å². The number of amides is 2. The number of hydrogen-bond acceptors (Lipinski definition) is 3.